The number of nitro groups is 2. The zero-order chi connectivity index (χ0) is 47.4. The number of Topliss-reactive ketones (excluding diaryl/α,β-unsaturated/α-hetero) is 1. The maximum atomic E-state index is 12.5. The molecule has 16 heteroatoms. The molecule has 6 aromatic carbocycles. The van der Waals surface area contributed by atoms with E-state index in [1.165, 1.54) is 48.7 Å². The number of aromatic amines is 1. The van der Waals surface area contributed by atoms with Crippen LogP contribution in [-0.2, 0) is 9.53 Å². The van der Waals surface area contributed by atoms with Crippen molar-refractivity contribution in [3.63, 3.8) is 0 Å². The van der Waals surface area contributed by atoms with Gasteiger partial charge < -0.3 is 24.9 Å². The van der Waals surface area contributed by atoms with E-state index in [4.69, 9.17) is 21.8 Å². The molecule has 0 unspecified atom stereocenters. The molecule has 0 bridgehead atoms. The average Bonchev–Trinajstić information content (AvgIpc) is 3.33. The third-order valence-corrected chi connectivity index (χ3v) is 9.03. The number of carbonyl (C=O) groups excluding carboxylic acids is 2. The van der Waals surface area contributed by atoms with Crippen molar-refractivity contribution in [3.8, 4) is 51.6 Å². The molecule has 7 rings (SSSR count). The van der Waals surface area contributed by atoms with E-state index in [0.29, 0.717) is 39.7 Å². The third kappa shape index (κ3) is 13.7. The van der Waals surface area contributed by atoms with Gasteiger partial charge in [-0.3, -0.25) is 34.6 Å². The maximum absolute atomic E-state index is 12.5. The van der Waals surface area contributed by atoms with Crippen LogP contribution in [0.15, 0.2) is 175 Å². The first kappa shape index (κ1) is 47.4. The van der Waals surface area contributed by atoms with E-state index in [0.717, 1.165) is 17.1 Å². The number of rotatable bonds is 13. The molecule has 1 heterocycles. The van der Waals surface area contributed by atoms with Crippen molar-refractivity contribution in [2.24, 2.45) is 5.73 Å². The number of nitrogens with one attached hydrogen (secondary N) is 1. The quantitative estimate of drug-likeness (QED) is 0.0275. The van der Waals surface area contributed by atoms with Crippen molar-refractivity contribution in [2.75, 3.05) is 6.61 Å². The van der Waals surface area contributed by atoms with Gasteiger partial charge in [0.05, 0.1) is 28.7 Å². The smallest absolute Gasteiger partial charge is 0.313 e. The molecule has 0 atom stereocenters. The molecule has 16 nitrogen and oxygen atoms in total. The molecule has 7 aromatic rings. The minimum absolute atomic E-state index is 0.0117. The third-order valence-electron chi connectivity index (χ3n) is 9.03. The number of pyridine rings is 1. The summed E-state index contributed by atoms with van der Waals surface area (Å²) in [6.07, 6.45) is 0.943. The molecule has 328 valence electrons. The van der Waals surface area contributed by atoms with Gasteiger partial charge in [-0.25, -0.2) is 4.85 Å². The number of nitro benzene ring substituents is 2. The summed E-state index contributed by atoms with van der Waals surface area (Å²) in [5, 5.41) is 30.8. The highest BCUT2D eigenvalue weighted by Gasteiger charge is 2.16. The number of non-ortho nitro benzene ring substituents is 2. The minimum Gasteiger partial charge on any atom is -0.466 e. The molecule has 66 heavy (non-hydrogen) atoms. The molecule has 0 fully saturated rings. The summed E-state index contributed by atoms with van der Waals surface area (Å²) >= 11 is 0. The first-order chi connectivity index (χ1) is 31.9. The number of para-hydroxylation sites is 2. The standard InChI is InChI=1S/C24H15N3O4.C15H12N2O.C11H11NO5/c25-15-21-23(28)14-22(16-6-10-18(11-7-16)27(29)30)26-24(21)17-8-12-20(13-9-17)31-19-4-2-1-3-5-19;1-17-11-15(16)12-7-9-14(10-8-12)18-13-5-3-2-4-6-13;1-2-17-11(14)7-10(13)8-3-5-9(6-4-8)12(15)16/h1-14H,(H,26,28);2-11H,16H2;3-6H,2,7H2,1H3/b;15-11-;. The Labute approximate surface area is 377 Å². The molecule has 0 aliphatic heterocycles. The fourth-order valence-electron chi connectivity index (χ4n) is 5.82. The van der Waals surface area contributed by atoms with Crippen LogP contribution in [0.25, 0.3) is 33.1 Å². The van der Waals surface area contributed by atoms with Crippen LogP contribution in [0.4, 0.5) is 11.4 Å². The van der Waals surface area contributed by atoms with E-state index in [2.05, 4.69) is 14.6 Å². The molecule has 3 N–H and O–H groups in total. The lowest BCUT2D eigenvalue weighted by Gasteiger charge is -2.10. The predicted octanol–water partition coefficient (Wildman–Crippen LogP) is 10.7. The summed E-state index contributed by atoms with van der Waals surface area (Å²) in [5.41, 5.74) is 8.70. The monoisotopic (exact) mass is 882 g/mol. The van der Waals surface area contributed by atoms with E-state index >= 15 is 0 Å². The lowest BCUT2D eigenvalue weighted by Crippen LogP contribution is -2.11. The Balaban J connectivity index is 0.000000200. The van der Waals surface area contributed by atoms with E-state index in [9.17, 15) is 39.9 Å². The number of esters is 1. The van der Waals surface area contributed by atoms with Gasteiger partial charge in [0.2, 0.25) is 5.43 Å². The molecular weight excluding hydrogens is 845 g/mol. The topological polar surface area (TPSA) is 235 Å². The number of nitrogens with zero attached hydrogens (tertiary/aromatic N) is 4. The van der Waals surface area contributed by atoms with Crippen LogP contribution >= 0.6 is 0 Å². The number of hydrogen-bond donors (Lipinski definition) is 2. The molecule has 0 spiro atoms. The van der Waals surface area contributed by atoms with Gasteiger partial charge in [0.25, 0.3) is 11.4 Å². The number of benzene rings is 6. The number of aromatic nitrogens is 1. The van der Waals surface area contributed by atoms with Crippen LogP contribution in [0.5, 0.6) is 23.0 Å². The average molecular weight is 883 g/mol. The van der Waals surface area contributed by atoms with Gasteiger partial charge in [-0.1, -0.05) is 48.5 Å². The van der Waals surface area contributed by atoms with Crippen LogP contribution < -0.4 is 20.6 Å². The molecule has 0 amide bonds. The lowest BCUT2D eigenvalue weighted by molar-refractivity contribution is -0.385. The Kier molecular flexibility index (Phi) is 16.9. The Bertz CT molecular complexity index is 2960. The molecule has 1 aromatic heterocycles. The fraction of sp³-hybridized carbons (Fsp3) is 0.0600. The highest BCUT2D eigenvalue weighted by atomic mass is 16.6. The number of nitrogens with two attached hydrogens (primary N) is 1. The van der Waals surface area contributed by atoms with Crippen molar-refractivity contribution in [2.45, 2.75) is 13.3 Å². The first-order valence-electron chi connectivity index (χ1n) is 19.7. The van der Waals surface area contributed by atoms with Crippen molar-refractivity contribution in [3.05, 3.63) is 229 Å². The van der Waals surface area contributed by atoms with Gasteiger partial charge in [0.15, 0.2) is 12.0 Å². The van der Waals surface area contributed by atoms with Crippen LogP contribution in [0.3, 0.4) is 0 Å². The maximum Gasteiger partial charge on any atom is 0.313 e. The summed E-state index contributed by atoms with van der Waals surface area (Å²) in [6, 6.07) is 47.4. The number of ketones is 1. The number of carbonyl (C=O) groups is 2. The zero-order valence-corrected chi connectivity index (χ0v) is 35.0. The second kappa shape index (κ2) is 23.5. The minimum atomic E-state index is -0.601. The van der Waals surface area contributed by atoms with Gasteiger partial charge in [0, 0.05) is 47.3 Å². The number of nitriles is 1. The van der Waals surface area contributed by atoms with E-state index in [1.807, 2.05) is 91.0 Å². The molecule has 0 radical (unpaired) electrons. The Morgan fingerprint density at radius 1 is 0.712 bits per heavy atom. The van der Waals surface area contributed by atoms with Gasteiger partial charge in [-0.05, 0) is 109 Å². The van der Waals surface area contributed by atoms with Crippen molar-refractivity contribution in [1.82, 2.24) is 4.98 Å². The Morgan fingerprint density at radius 2 is 1.17 bits per heavy atom. The summed E-state index contributed by atoms with van der Waals surface area (Å²) in [7, 11) is 0. The number of hydrogen-bond acceptors (Lipinski definition) is 12. The van der Waals surface area contributed by atoms with Gasteiger partial charge in [0.1, 0.15) is 41.1 Å². The van der Waals surface area contributed by atoms with Gasteiger partial charge in [-0.15, -0.1) is 0 Å². The molecular formula is C50H38N6O10. The molecule has 0 aliphatic carbocycles. The summed E-state index contributed by atoms with van der Waals surface area (Å²) < 4.78 is 16.1. The summed E-state index contributed by atoms with van der Waals surface area (Å²) in [5.74, 6) is 1.81. The summed E-state index contributed by atoms with van der Waals surface area (Å²) in [6.45, 7) is 8.58. The van der Waals surface area contributed by atoms with Crippen LogP contribution in [0, 0.1) is 38.1 Å². The molecule has 0 saturated carbocycles. The Morgan fingerprint density at radius 3 is 1.64 bits per heavy atom. The van der Waals surface area contributed by atoms with Crippen LogP contribution in [0.1, 0.15) is 34.8 Å². The Hall–Kier alpha value is -9.67. The zero-order valence-electron chi connectivity index (χ0n) is 35.0. The van der Waals surface area contributed by atoms with Crippen LogP contribution in [0.2, 0.25) is 0 Å². The van der Waals surface area contributed by atoms with Crippen molar-refractivity contribution in [1.29, 1.82) is 5.26 Å². The van der Waals surface area contributed by atoms with E-state index in [-0.39, 0.29) is 35.5 Å². The largest absolute Gasteiger partial charge is 0.466 e. The second-order valence-corrected chi connectivity index (χ2v) is 13.5. The van der Waals surface area contributed by atoms with E-state index in [1.54, 1.807) is 43.3 Å². The normalized spacial score (nSPS) is 10.3. The molecule has 0 aliphatic rings. The lowest BCUT2D eigenvalue weighted by atomic mass is 10.0. The molecule has 0 saturated heterocycles. The summed E-state index contributed by atoms with van der Waals surface area (Å²) in [4.78, 5) is 61.6. The second-order valence-electron chi connectivity index (χ2n) is 13.5. The fourth-order valence-corrected chi connectivity index (χ4v) is 5.82. The van der Waals surface area contributed by atoms with Crippen LogP contribution in [-0.4, -0.2) is 33.2 Å². The van der Waals surface area contributed by atoms with Crippen molar-refractivity contribution >= 4 is 28.8 Å². The number of ether oxygens (including phenoxy) is 3. The number of H-pyrrole nitrogens is 1. The van der Waals surface area contributed by atoms with Gasteiger partial charge >= 0.3 is 5.97 Å². The SMILES string of the molecule is CCOC(=O)CC(=O)c1ccc([N+](=O)[O-])cc1.N#Cc1c(-c2ccc(Oc3ccccc3)cc2)[nH]c(-c2ccc([N+](=O)[O-])cc2)cc1=O.[C-]#[N+]/C=C(\N)c1ccc(Oc2ccccc2)cc1. The highest BCUT2D eigenvalue weighted by molar-refractivity contribution is 6.06. The first-order valence-corrected chi connectivity index (χ1v) is 19.7. The highest BCUT2D eigenvalue weighted by Crippen LogP contribution is 2.29. The van der Waals surface area contributed by atoms with E-state index < -0.39 is 27.0 Å². The van der Waals surface area contributed by atoms with Gasteiger partial charge in [-0.2, -0.15) is 5.26 Å². The van der Waals surface area contributed by atoms with Crippen molar-refractivity contribution < 1.29 is 33.6 Å². The predicted molar refractivity (Wildman–Crippen MR) is 246 cm³/mol.